The molecule has 2 aliphatic rings. The van der Waals surface area contributed by atoms with Gasteiger partial charge in [0.15, 0.2) is 0 Å². The highest BCUT2D eigenvalue weighted by Gasteiger charge is 2.29. The van der Waals surface area contributed by atoms with Gasteiger partial charge in [0.2, 0.25) is 0 Å². The molecule has 2 rings (SSSR count). The van der Waals surface area contributed by atoms with Crippen molar-refractivity contribution < 1.29 is 0 Å². The Morgan fingerprint density at radius 3 is 2.47 bits per heavy atom. The molecule has 0 amide bonds. The minimum absolute atomic E-state index is 0.760. The second-order valence-electron chi connectivity index (χ2n) is 5.88. The highest BCUT2D eigenvalue weighted by molar-refractivity contribution is 4.87. The number of hydrogen-bond acceptors (Lipinski definition) is 2. The van der Waals surface area contributed by atoms with Gasteiger partial charge >= 0.3 is 0 Å². The molecule has 1 heterocycles. The summed E-state index contributed by atoms with van der Waals surface area (Å²) in [5.74, 6) is 1.69. The van der Waals surface area contributed by atoms with Gasteiger partial charge in [-0.3, -0.25) is 4.90 Å². The molecule has 1 saturated heterocycles. The second kappa shape index (κ2) is 4.84. The van der Waals surface area contributed by atoms with E-state index < -0.39 is 0 Å². The van der Waals surface area contributed by atoms with Crippen LogP contribution in [0.4, 0.5) is 0 Å². The molecule has 15 heavy (non-hydrogen) atoms. The molecule has 2 fully saturated rings. The van der Waals surface area contributed by atoms with Gasteiger partial charge in [-0.25, -0.2) is 0 Å². The summed E-state index contributed by atoms with van der Waals surface area (Å²) in [7, 11) is 0. The molecule has 2 heteroatoms. The van der Waals surface area contributed by atoms with E-state index >= 15 is 0 Å². The molecule has 88 valence electrons. The second-order valence-corrected chi connectivity index (χ2v) is 5.88. The van der Waals surface area contributed by atoms with Crippen molar-refractivity contribution in [3.05, 3.63) is 0 Å². The largest absolute Gasteiger partial charge is 0.312 e. The van der Waals surface area contributed by atoms with Crippen LogP contribution in [0.3, 0.4) is 0 Å². The van der Waals surface area contributed by atoms with Crippen molar-refractivity contribution in [2.75, 3.05) is 19.6 Å². The Hall–Kier alpha value is -0.0800. The quantitative estimate of drug-likeness (QED) is 0.747. The van der Waals surface area contributed by atoms with E-state index in [9.17, 15) is 0 Å². The van der Waals surface area contributed by atoms with Gasteiger partial charge in [0.05, 0.1) is 0 Å². The molecule has 0 bridgehead atoms. The van der Waals surface area contributed by atoms with Crippen molar-refractivity contribution in [2.24, 2.45) is 11.8 Å². The van der Waals surface area contributed by atoms with E-state index in [4.69, 9.17) is 0 Å². The summed E-state index contributed by atoms with van der Waals surface area (Å²) < 4.78 is 0. The summed E-state index contributed by atoms with van der Waals surface area (Å²) in [5, 5.41) is 3.69. The van der Waals surface area contributed by atoms with Gasteiger partial charge in [-0.2, -0.15) is 0 Å². The lowest BCUT2D eigenvalue weighted by molar-refractivity contribution is 0.181. The summed E-state index contributed by atoms with van der Waals surface area (Å²) >= 11 is 0. The monoisotopic (exact) mass is 210 g/mol. The van der Waals surface area contributed by atoms with E-state index in [2.05, 4.69) is 31.0 Å². The molecular formula is C13H26N2. The van der Waals surface area contributed by atoms with Crippen molar-refractivity contribution >= 4 is 0 Å². The number of rotatable bonds is 5. The summed E-state index contributed by atoms with van der Waals surface area (Å²) in [5.41, 5.74) is 0. The normalized spacial score (nSPS) is 30.0. The van der Waals surface area contributed by atoms with Gasteiger partial charge in [0.25, 0.3) is 0 Å². The van der Waals surface area contributed by atoms with E-state index in [0.29, 0.717) is 0 Å². The van der Waals surface area contributed by atoms with Gasteiger partial charge in [-0.05, 0) is 37.6 Å². The van der Waals surface area contributed by atoms with Gasteiger partial charge in [0.1, 0.15) is 0 Å². The Kier molecular flexibility index (Phi) is 3.68. The molecule has 1 aliphatic carbocycles. The lowest BCUT2D eigenvalue weighted by atomic mass is 10.0. The smallest absolute Gasteiger partial charge is 0.0243 e. The SMILES string of the molecule is CC1CCN(C(CNC2CC2)C(C)C)C1. The molecule has 2 nitrogen and oxygen atoms in total. The third-order valence-electron chi connectivity index (χ3n) is 3.89. The Bertz CT molecular complexity index is 199. The van der Waals surface area contributed by atoms with E-state index in [1.807, 2.05) is 0 Å². The summed E-state index contributed by atoms with van der Waals surface area (Å²) in [4.78, 5) is 2.70. The fourth-order valence-electron chi connectivity index (χ4n) is 2.63. The number of likely N-dealkylation sites (tertiary alicyclic amines) is 1. The zero-order valence-corrected chi connectivity index (χ0v) is 10.5. The van der Waals surface area contributed by atoms with Crippen LogP contribution < -0.4 is 5.32 Å². The molecule has 2 atom stereocenters. The first-order chi connectivity index (χ1) is 7.16. The third-order valence-corrected chi connectivity index (χ3v) is 3.89. The number of nitrogens with zero attached hydrogens (tertiary/aromatic N) is 1. The first-order valence-electron chi connectivity index (χ1n) is 6.64. The first kappa shape index (κ1) is 11.4. The van der Waals surface area contributed by atoms with E-state index in [-0.39, 0.29) is 0 Å². The maximum Gasteiger partial charge on any atom is 0.0243 e. The molecule has 0 aromatic heterocycles. The molecule has 1 aliphatic heterocycles. The minimum Gasteiger partial charge on any atom is -0.312 e. The van der Waals surface area contributed by atoms with E-state index in [0.717, 1.165) is 23.9 Å². The van der Waals surface area contributed by atoms with Crippen molar-refractivity contribution in [1.29, 1.82) is 0 Å². The van der Waals surface area contributed by atoms with Crippen LogP contribution in [-0.2, 0) is 0 Å². The topological polar surface area (TPSA) is 15.3 Å². The predicted molar refractivity (Wildman–Crippen MR) is 65.0 cm³/mol. The molecule has 2 unspecified atom stereocenters. The molecule has 0 aromatic carbocycles. The first-order valence-corrected chi connectivity index (χ1v) is 6.64. The van der Waals surface area contributed by atoms with Crippen LogP contribution in [0.2, 0.25) is 0 Å². The van der Waals surface area contributed by atoms with Gasteiger partial charge in [-0.15, -0.1) is 0 Å². The molecule has 0 radical (unpaired) electrons. The number of nitrogens with one attached hydrogen (secondary N) is 1. The van der Waals surface area contributed by atoms with Crippen LogP contribution in [-0.4, -0.2) is 36.6 Å². The minimum atomic E-state index is 0.760. The maximum atomic E-state index is 3.69. The molecule has 0 aromatic rings. The third kappa shape index (κ3) is 3.18. The van der Waals surface area contributed by atoms with Crippen LogP contribution >= 0.6 is 0 Å². The van der Waals surface area contributed by atoms with Crippen molar-refractivity contribution in [3.63, 3.8) is 0 Å². The fraction of sp³-hybridized carbons (Fsp3) is 1.00. The Morgan fingerprint density at radius 2 is 2.00 bits per heavy atom. The highest BCUT2D eigenvalue weighted by atomic mass is 15.2. The van der Waals surface area contributed by atoms with Crippen LogP contribution in [0.5, 0.6) is 0 Å². The van der Waals surface area contributed by atoms with Crippen molar-refractivity contribution in [1.82, 2.24) is 10.2 Å². The molecular weight excluding hydrogens is 184 g/mol. The van der Waals surface area contributed by atoms with Crippen LogP contribution in [0.25, 0.3) is 0 Å². The van der Waals surface area contributed by atoms with Crippen LogP contribution in [0.1, 0.15) is 40.0 Å². The van der Waals surface area contributed by atoms with Gasteiger partial charge < -0.3 is 5.32 Å². The Balaban J connectivity index is 1.81. The van der Waals surface area contributed by atoms with E-state index in [1.54, 1.807) is 0 Å². The van der Waals surface area contributed by atoms with Gasteiger partial charge in [-0.1, -0.05) is 20.8 Å². The zero-order valence-electron chi connectivity index (χ0n) is 10.5. The summed E-state index contributed by atoms with van der Waals surface area (Å²) in [6, 6.07) is 1.61. The maximum absolute atomic E-state index is 3.69. The van der Waals surface area contributed by atoms with Gasteiger partial charge in [0, 0.05) is 25.2 Å². The van der Waals surface area contributed by atoms with Crippen LogP contribution in [0.15, 0.2) is 0 Å². The highest BCUT2D eigenvalue weighted by Crippen LogP contribution is 2.23. The average Bonchev–Trinajstić information content (AvgIpc) is 2.89. The molecule has 1 saturated carbocycles. The zero-order chi connectivity index (χ0) is 10.8. The Morgan fingerprint density at radius 1 is 1.27 bits per heavy atom. The van der Waals surface area contributed by atoms with Crippen molar-refractivity contribution in [2.45, 2.75) is 52.1 Å². The Labute approximate surface area is 94.4 Å². The lowest BCUT2D eigenvalue weighted by Gasteiger charge is -2.31. The standard InChI is InChI=1S/C13H26N2/c1-10(2)13(8-14-12-4-5-12)15-7-6-11(3)9-15/h10-14H,4-9H2,1-3H3. The summed E-state index contributed by atoms with van der Waals surface area (Å²) in [6.07, 6.45) is 4.20. The van der Waals surface area contributed by atoms with E-state index in [1.165, 1.54) is 38.9 Å². The molecule has 0 spiro atoms. The lowest BCUT2D eigenvalue weighted by Crippen LogP contribution is -2.45. The van der Waals surface area contributed by atoms with Crippen molar-refractivity contribution in [3.8, 4) is 0 Å². The molecule has 1 N–H and O–H groups in total. The summed E-state index contributed by atoms with van der Waals surface area (Å²) in [6.45, 7) is 10.9. The number of hydrogen-bond donors (Lipinski definition) is 1. The average molecular weight is 210 g/mol. The fourth-order valence-corrected chi connectivity index (χ4v) is 2.63. The van der Waals surface area contributed by atoms with Crippen LogP contribution in [0, 0.1) is 11.8 Å². The predicted octanol–water partition coefficient (Wildman–Crippen LogP) is 2.10.